The first-order valence-electron chi connectivity index (χ1n) is 4.59. The van der Waals surface area contributed by atoms with Crippen molar-refractivity contribution in [1.29, 1.82) is 0 Å². The van der Waals surface area contributed by atoms with Crippen molar-refractivity contribution in [1.82, 2.24) is 0 Å². The fourth-order valence-electron chi connectivity index (χ4n) is 1.49. The zero-order valence-electron chi connectivity index (χ0n) is 8.28. The van der Waals surface area contributed by atoms with Gasteiger partial charge in [0.25, 0.3) is 0 Å². The molecule has 0 N–H and O–H groups in total. The molecule has 0 unspecified atom stereocenters. The van der Waals surface area contributed by atoms with E-state index in [9.17, 15) is 17.6 Å². The molecule has 5 heteroatoms. The highest BCUT2D eigenvalue weighted by molar-refractivity contribution is 9.10. The minimum absolute atomic E-state index is 0.188. The molecule has 0 spiro atoms. The number of hydrogen-bond acceptors (Lipinski definition) is 0. The summed E-state index contributed by atoms with van der Waals surface area (Å²) in [6.45, 7) is 0. The van der Waals surface area contributed by atoms with E-state index in [4.69, 9.17) is 0 Å². The van der Waals surface area contributed by atoms with Crippen LogP contribution in [0.15, 0.2) is 34.8 Å². The van der Waals surface area contributed by atoms with E-state index in [-0.39, 0.29) is 4.47 Å². The lowest BCUT2D eigenvalue weighted by Crippen LogP contribution is -1.94. The van der Waals surface area contributed by atoms with Crippen LogP contribution < -0.4 is 0 Å². The minimum atomic E-state index is -0.957. The van der Waals surface area contributed by atoms with Crippen LogP contribution in [0.2, 0.25) is 0 Å². The third-order valence-corrected chi connectivity index (χ3v) is 2.66. The number of rotatable bonds is 1. The average molecular weight is 305 g/mol. The molecule has 0 nitrogen and oxygen atoms in total. The SMILES string of the molecule is Fc1ccc(F)c(-c2c(F)cc(Br)cc2F)c1. The van der Waals surface area contributed by atoms with Crippen LogP contribution >= 0.6 is 15.9 Å². The maximum atomic E-state index is 13.5. The summed E-state index contributed by atoms with van der Waals surface area (Å²) in [4.78, 5) is 0. The van der Waals surface area contributed by atoms with Gasteiger partial charge in [-0.15, -0.1) is 0 Å². The Morgan fingerprint density at radius 3 is 1.94 bits per heavy atom. The Labute approximate surface area is 103 Å². The molecule has 0 saturated heterocycles. The molecule has 0 aliphatic rings. The molecule has 2 aromatic carbocycles. The highest BCUT2D eigenvalue weighted by atomic mass is 79.9. The summed E-state index contributed by atoms with van der Waals surface area (Å²) in [6, 6.07) is 4.44. The molecule has 0 atom stereocenters. The first-order chi connectivity index (χ1) is 7.99. The monoisotopic (exact) mass is 304 g/mol. The fourth-order valence-corrected chi connectivity index (χ4v) is 1.89. The fraction of sp³-hybridized carbons (Fsp3) is 0. The van der Waals surface area contributed by atoms with Crippen LogP contribution in [0.25, 0.3) is 11.1 Å². The minimum Gasteiger partial charge on any atom is -0.207 e. The summed E-state index contributed by atoms with van der Waals surface area (Å²) in [5.74, 6) is -3.56. The lowest BCUT2D eigenvalue weighted by atomic mass is 10.0. The molecule has 0 fully saturated rings. The van der Waals surface area contributed by atoms with E-state index >= 15 is 0 Å². The van der Waals surface area contributed by atoms with Crippen LogP contribution in [-0.4, -0.2) is 0 Å². The highest BCUT2D eigenvalue weighted by Gasteiger charge is 2.16. The van der Waals surface area contributed by atoms with Crippen molar-refractivity contribution in [3.05, 3.63) is 58.1 Å². The Bertz CT molecular complexity index is 558. The van der Waals surface area contributed by atoms with Crippen molar-refractivity contribution in [2.75, 3.05) is 0 Å². The zero-order chi connectivity index (χ0) is 12.6. The van der Waals surface area contributed by atoms with Gasteiger partial charge in [-0.1, -0.05) is 15.9 Å². The van der Waals surface area contributed by atoms with Crippen molar-refractivity contribution in [2.45, 2.75) is 0 Å². The van der Waals surface area contributed by atoms with Crippen molar-refractivity contribution >= 4 is 15.9 Å². The topological polar surface area (TPSA) is 0 Å². The quantitative estimate of drug-likeness (QED) is 0.672. The molecule has 2 rings (SSSR count). The number of hydrogen-bond donors (Lipinski definition) is 0. The van der Waals surface area contributed by atoms with Gasteiger partial charge in [-0.2, -0.15) is 0 Å². The second kappa shape index (κ2) is 4.49. The molecule has 0 amide bonds. The van der Waals surface area contributed by atoms with Gasteiger partial charge in [0, 0.05) is 10.0 Å². The Morgan fingerprint density at radius 2 is 1.35 bits per heavy atom. The summed E-state index contributed by atoms with van der Waals surface area (Å²) >= 11 is 2.90. The van der Waals surface area contributed by atoms with Crippen molar-refractivity contribution in [3.63, 3.8) is 0 Å². The van der Waals surface area contributed by atoms with Crippen LogP contribution in [0.5, 0.6) is 0 Å². The van der Waals surface area contributed by atoms with E-state index in [0.717, 1.165) is 30.3 Å². The van der Waals surface area contributed by atoms with Gasteiger partial charge >= 0.3 is 0 Å². The molecule has 0 bridgehead atoms. The molecule has 17 heavy (non-hydrogen) atoms. The Morgan fingerprint density at radius 1 is 0.765 bits per heavy atom. The lowest BCUT2D eigenvalue weighted by Gasteiger charge is -2.07. The van der Waals surface area contributed by atoms with Gasteiger partial charge in [-0.3, -0.25) is 0 Å². The summed E-state index contributed by atoms with van der Waals surface area (Å²) < 4.78 is 53.6. The van der Waals surface area contributed by atoms with Gasteiger partial charge in [0.15, 0.2) is 0 Å². The molecule has 88 valence electrons. The van der Waals surface area contributed by atoms with E-state index in [1.54, 1.807) is 0 Å². The highest BCUT2D eigenvalue weighted by Crippen LogP contribution is 2.31. The normalized spacial score (nSPS) is 10.6. The van der Waals surface area contributed by atoms with Gasteiger partial charge in [0.2, 0.25) is 0 Å². The van der Waals surface area contributed by atoms with Gasteiger partial charge in [-0.25, -0.2) is 17.6 Å². The predicted molar refractivity (Wildman–Crippen MR) is 59.4 cm³/mol. The molecular formula is C12H5BrF4. The van der Waals surface area contributed by atoms with E-state index in [2.05, 4.69) is 15.9 Å². The first-order valence-corrected chi connectivity index (χ1v) is 5.38. The summed E-state index contributed by atoms with van der Waals surface area (Å²) in [5.41, 5.74) is -1.02. The smallest absolute Gasteiger partial charge is 0.135 e. The predicted octanol–water partition coefficient (Wildman–Crippen LogP) is 4.67. The van der Waals surface area contributed by atoms with Crippen molar-refractivity contribution in [3.8, 4) is 11.1 Å². The van der Waals surface area contributed by atoms with Gasteiger partial charge in [0.1, 0.15) is 23.3 Å². The third-order valence-electron chi connectivity index (χ3n) is 2.20. The molecule has 0 heterocycles. The molecular weight excluding hydrogens is 300 g/mol. The van der Waals surface area contributed by atoms with Crippen LogP contribution in [0, 0.1) is 23.3 Å². The summed E-state index contributed by atoms with van der Waals surface area (Å²) in [6.07, 6.45) is 0. The van der Waals surface area contributed by atoms with Crippen molar-refractivity contribution < 1.29 is 17.6 Å². The van der Waals surface area contributed by atoms with E-state index < -0.39 is 34.4 Å². The Balaban J connectivity index is 2.72. The van der Waals surface area contributed by atoms with Crippen molar-refractivity contribution in [2.24, 2.45) is 0 Å². The first kappa shape index (κ1) is 12.1. The summed E-state index contributed by atoms with van der Waals surface area (Å²) in [5, 5.41) is 0. The second-order valence-electron chi connectivity index (χ2n) is 3.37. The maximum absolute atomic E-state index is 13.5. The third kappa shape index (κ3) is 2.34. The zero-order valence-corrected chi connectivity index (χ0v) is 9.86. The second-order valence-corrected chi connectivity index (χ2v) is 4.28. The maximum Gasteiger partial charge on any atom is 0.135 e. The number of halogens is 5. The number of benzene rings is 2. The van der Waals surface area contributed by atoms with Crippen LogP contribution in [0.4, 0.5) is 17.6 Å². The Hall–Kier alpha value is -1.36. The van der Waals surface area contributed by atoms with Gasteiger partial charge < -0.3 is 0 Å². The van der Waals surface area contributed by atoms with E-state index in [1.807, 2.05) is 0 Å². The van der Waals surface area contributed by atoms with Gasteiger partial charge in [0.05, 0.1) is 5.56 Å². The summed E-state index contributed by atoms with van der Waals surface area (Å²) in [7, 11) is 0. The largest absolute Gasteiger partial charge is 0.207 e. The standard InChI is InChI=1S/C12H5BrF4/c13-6-3-10(16)12(11(17)4-6)8-5-7(14)1-2-9(8)15/h1-5H. The molecule has 0 aromatic heterocycles. The van der Waals surface area contributed by atoms with Crippen LogP contribution in [-0.2, 0) is 0 Å². The van der Waals surface area contributed by atoms with Gasteiger partial charge in [-0.05, 0) is 30.3 Å². The van der Waals surface area contributed by atoms with Crippen LogP contribution in [0.3, 0.4) is 0 Å². The molecule has 0 aliphatic carbocycles. The van der Waals surface area contributed by atoms with E-state index in [0.29, 0.717) is 0 Å². The van der Waals surface area contributed by atoms with E-state index in [1.165, 1.54) is 0 Å². The average Bonchev–Trinajstić information content (AvgIpc) is 2.21. The lowest BCUT2D eigenvalue weighted by molar-refractivity contribution is 0.576. The Kier molecular flexibility index (Phi) is 3.19. The molecule has 2 aromatic rings. The van der Waals surface area contributed by atoms with Crippen LogP contribution in [0.1, 0.15) is 0 Å². The molecule has 0 aliphatic heterocycles. The molecule has 0 saturated carbocycles. The molecule has 0 radical (unpaired) electrons.